The minimum absolute atomic E-state index is 0.0138. The van der Waals surface area contributed by atoms with Crippen molar-refractivity contribution in [3.05, 3.63) is 34.9 Å². The van der Waals surface area contributed by atoms with Gasteiger partial charge in [-0.2, -0.15) is 5.10 Å². The summed E-state index contributed by atoms with van der Waals surface area (Å²) in [6, 6.07) is 7.66. The zero-order chi connectivity index (χ0) is 14.4. The first-order valence-electron chi connectivity index (χ1n) is 7.06. The van der Waals surface area contributed by atoms with Gasteiger partial charge in [0.2, 0.25) is 5.96 Å². The fourth-order valence-electron chi connectivity index (χ4n) is 2.64. The second-order valence-corrected chi connectivity index (χ2v) is 5.72. The van der Waals surface area contributed by atoms with Crippen LogP contribution in [0, 0.1) is 5.92 Å². The quantitative estimate of drug-likeness (QED) is 0.507. The molecule has 1 aliphatic carbocycles. The highest BCUT2D eigenvalue weighted by atomic mass is 35.5. The molecule has 0 bridgehead atoms. The Balaban J connectivity index is 2.17. The monoisotopic (exact) mass is 292 g/mol. The number of benzene rings is 1. The predicted molar refractivity (Wildman–Crippen MR) is 85.0 cm³/mol. The van der Waals surface area contributed by atoms with E-state index in [0.29, 0.717) is 10.9 Å². The molecule has 1 saturated carbocycles. The van der Waals surface area contributed by atoms with Crippen LogP contribution in [-0.2, 0) is 0 Å². The molecule has 108 valence electrons. The molecule has 1 aromatic rings. The van der Waals surface area contributed by atoms with E-state index in [0.717, 1.165) is 17.7 Å². The molecule has 0 atom stereocenters. The summed E-state index contributed by atoms with van der Waals surface area (Å²) in [7, 11) is 0. The first-order valence-corrected chi connectivity index (χ1v) is 7.44. The molecule has 1 aromatic carbocycles. The van der Waals surface area contributed by atoms with E-state index in [1.807, 2.05) is 24.3 Å². The number of nitrogens with two attached hydrogens (primary N) is 2. The van der Waals surface area contributed by atoms with Crippen molar-refractivity contribution in [2.45, 2.75) is 38.5 Å². The molecule has 20 heavy (non-hydrogen) atoms. The lowest BCUT2D eigenvalue weighted by Crippen LogP contribution is -2.22. The summed E-state index contributed by atoms with van der Waals surface area (Å²) in [5, 5.41) is 8.76. The Hall–Kier alpha value is -1.55. The predicted octanol–water partition coefficient (Wildman–Crippen LogP) is 3.29. The van der Waals surface area contributed by atoms with Gasteiger partial charge in [-0.25, -0.2) is 0 Å². The third-order valence-electron chi connectivity index (χ3n) is 3.67. The summed E-state index contributed by atoms with van der Waals surface area (Å²) >= 11 is 5.93. The largest absolute Gasteiger partial charge is 0.369 e. The van der Waals surface area contributed by atoms with Crippen LogP contribution in [-0.4, -0.2) is 11.7 Å². The number of rotatable bonds is 4. The van der Waals surface area contributed by atoms with Gasteiger partial charge in [-0.3, -0.25) is 0 Å². The number of hydrogen-bond donors (Lipinski definition) is 2. The summed E-state index contributed by atoms with van der Waals surface area (Å²) in [6.45, 7) is 0. The second-order valence-electron chi connectivity index (χ2n) is 5.29. The van der Waals surface area contributed by atoms with Crippen molar-refractivity contribution in [3.63, 3.8) is 0 Å². The maximum Gasteiger partial charge on any atom is 0.211 e. The second kappa shape index (κ2) is 7.29. The highest BCUT2D eigenvalue weighted by Crippen LogP contribution is 2.28. The molecule has 4 N–H and O–H groups in total. The number of nitrogens with zero attached hydrogens (tertiary/aromatic N) is 2. The van der Waals surface area contributed by atoms with Gasteiger partial charge >= 0.3 is 0 Å². The van der Waals surface area contributed by atoms with Crippen molar-refractivity contribution in [2.24, 2.45) is 27.6 Å². The van der Waals surface area contributed by atoms with Crippen LogP contribution in [0.5, 0.6) is 0 Å². The minimum Gasteiger partial charge on any atom is -0.369 e. The summed E-state index contributed by atoms with van der Waals surface area (Å²) in [6.07, 6.45) is 7.39. The van der Waals surface area contributed by atoms with Crippen molar-refractivity contribution in [1.82, 2.24) is 0 Å². The van der Waals surface area contributed by atoms with Gasteiger partial charge < -0.3 is 11.5 Å². The lowest BCUT2D eigenvalue weighted by atomic mass is 9.84. The Bertz CT molecular complexity index is 483. The Morgan fingerprint density at radius 3 is 2.30 bits per heavy atom. The lowest BCUT2D eigenvalue weighted by molar-refractivity contribution is 0.368. The number of guanidine groups is 1. The Morgan fingerprint density at radius 1 is 1.05 bits per heavy atom. The summed E-state index contributed by atoms with van der Waals surface area (Å²) in [5.41, 5.74) is 12.7. The zero-order valence-corrected chi connectivity index (χ0v) is 12.3. The fourth-order valence-corrected chi connectivity index (χ4v) is 2.77. The molecule has 0 unspecified atom stereocenters. The topological polar surface area (TPSA) is 76.8 Å². The van der Waals surface area contributed by atoms with E-state index in [4.69, 9.17) is 23.1 Å². The molecule has 1 fully saturated rings. The van der Waals surface area contributed by atoms with Crippen molar-refractivity contribution >= 4 is 23.3 Å². The average Bonchev–Trinajstić information content (AvgIpc) is 2.45. The molecular formula is C15H21ClN4. The van der Waals surface area contributed by atoms with Crippen molar-refractivity contribution in [1.29, 1.82) is 0 Å². The smallest absolute Gasteiger partial charge is 0.211 e. The standard InChI is InChI=1S/C15H21ClN4/c16-13-8-6-12(7-9-13)14(19-20-15(17)18)10-11-4-2-1-3-5-11/h6-9,11H,1-5,10H2,(H4,17,18,20)/b19-14-. The Labute approximate surface area is 124 Å². The van der Waals surface area contributed by atoms with E-state index >= 15 is 0 Å². The first-order chi connectivity index (χ1) is 9.65. The molecule has 0 aromatic heterocycles. The molecule has 0 heterocycles. The van der Waals surface area contributed by atoms with Gasteiger partial charge in [-0.05, 0) is 30.0 Å². The molecule has 1 aliphatic rings. The van der Waals surface area contributed by atoms with E-state index in [-0.39, 0.29) is 5.96 Å². The van der Waals surface area contributed by atoms with Crippen LogP contribution in [0.15, 0.2) is 34.5 Å². The van der Waals surface area contributed by atoms with E-state index in [1.165, 1.54) is 32.1 Å². The van der Waals surface area contributed by atoms with Crippen molar-refractivity contribution in [3.8, 4) is 0 Å². The maximum atomic E-state index is 5.93. The summed E-state index contributed by atoms with van der Waals surface area (Å²) in [4.78, 5) is 0. The van der Waals surface area contributed by atoms with E-state index in [2.05, 4.69) is 10.2 Å². The summed E-state index contributed by atoms with van der Waals surface area (Å²) in [5.74, 6) is 0.660. The number of halogens is 1. The fraction of sp³-hybridized carbons (Fsp3) is 0.467. The van der Waals surface area contributed by atoms with Crippen LogP contribution in [0.25, 0.3) is 0 Å². The molecule has 0 saturated heterocycles. The lowest BCUT2D eigenvalue weighted by Gasteiger charge is -2.21. The molecular weight excluding hydrogens is 272 g/mol. The highest BCUT2D eigenvalue weighted by molar-refractivity contribution is 6.30. The van der Waals surface area contributed by atoms with E-state index in [9.17, 15) is 0 Å². The van der Waals surface area contributed by atoms with Gasteiger partial charge in [0.15, 0.2) is 0 Å². The van der Waals surface area contributed by atoms with Crippen molar-refractivity contribution in [2.75, 3.05) is 0 Å². The maximum absolute atomic E-state index is 5.93. The average molecular weight is 293 g/mol. The first kappa shape index (κ1) is 14.9. The molecule has 0 amide bonds. The molecule has 5 heteroatoms. The Morgan fingerprint density at radius 2 is 1.70 bits per heavy atom. The number of hydrogen-bond acceptors (Lipinski definition) is 2. The van der Waals surface area contributed by atoms with Gasteiger partial charge in [-0.15, -0.1) is 5.10 Å². The van der Waals surface area contributed by atoms with Gasteiger partial charge in [0, 0.05) is 5.02 Å². The SMILES string of the molecule is NC(N)=N/N=C(/CC1CCCCC1)c1ccc(Cl)cc1. The van der Waals surface area contributed by atoms with Gasteiger partial charge in [0.25, 0.3) is 0 Å². The van der Waals surface area contributed by atoms with E-state index < -0.39 is 0 Å². The zero-order valence-electron chi connectivity index (χ0n) is 11.6. The van der Waals surface area contributed by atoms with Crippen LogP contribution in [0.3, 0.4) is 0 Å². The van der Waals surface area contributed by atoms with Crippen LogP contribution in [0.2, 0.25) is 5.02 Å². The third kappa shape index (κ3) is 4.53. The van der Waals surface area contributed by atoms with Crippen LogP contribution >= 0.6 is 11.6 Å². The summed E-state index contributed by atoms with van der Waals surface area (Å²) < 4.78 is 0. The molecule has 4 nitrogen and oxygen atoms in total. The minimum atomic E-state index is -0.0138. The molecule has 0 spiro atoms. The van der Waals surface area contributed by atoms with Gasteiger partial charge in [0.1, 0.15) is 0 Å². The van der Waals surface area contributed by atoms with Crippen molar-refractivity contribution < 1.29 is 0 Å². The van der Waals surface area contributed by atoms with Gasteiger partial charge in [0.05, 0.1) is 5.71 Å². The molecule has 0 aliphatic heterocycles. The van der Waals surface area contributed by atoms with Crippen LogP contribution in [0.1, 0.15) is 44.1 Å². The Kier molecular flexibility index (Phi) is 5.41. The van der Waals surface area contributed by atoms with Crippen LogP contribution < -0.4 is 11.5 Å². The molecule has 2 rings (SSSR count). The highest BCUT2D eigenvalue weighted by Gasteiger charge is 2.17. The third-order valence-corrected chi connectivity index (χ3v) is 3.92. The van der Waals surface area contributed by atoms with Crippen LogP contribution in [0.4, 0.5) is 0 Å². The molecule has 0 radical (unpaired) electrons. The normalized spacial score (nSPS) is 16.9. The van der Waals surface area contributed by atoms with Gasteiger partial charge in [-0.1, -0.05) is 55.8 Å². The van der Waals surface area contributed by atoms with E-state index in [1.54, 1.807) is 0 Å².